The molecule has 0 spiro atoms. The van der Waals surface area contributed by atoms with Gasteiger partial charge in [-0.3, -0.25) is 9.59 Å². The lowest BCUT2D eigenvalue weighted by Crippen LogP contribution is -2.53. The third-order valence-electron chi connectivity index (χ3n) is 4.01. The van der Waals surface area contributed by atoms with Crippen LogP contribution in [0.3, 0.4) is 0 Å². The molecule has 0 aromatic heterocycles. The van der Waals surface area contributed by atoms with Crippen molar-refractivity contribution in [1.29, 1.82) is 0 Å². The Bertz CT molecular complexity index is 531. The van der Waals surface area contributed by atoms with Gasteiger partial charge in [-0.15, -0.1) is 12.4 Å². The minimum Gasteiger partial charge on any atom is -0.342 e. The van der Waals surface area contributed by atoms with Crippen molar-refractivity contribution in [2.24, 2.45) is 5.73 Å². The highest BCUT2D eigenvalue weighted by molar-refractivity contribution is 5.93. The number of nitrogens with one attached hydrogen (secondary N) is 1. The first-order valence-electron chi connectivity index (χ1n) is 7.30. The number of hydrogen-bond donors (Lipinski definition) is 2. The highest BCUT2D eigenvalue weighted by atomic mass is 35.5. The van der Waals surface area contributed by atoms with E-state index in [1.165, 1.54) is 0 Å². The Balaban J connectivity index is 0.00000242. The van der Waals surface area contributed by atoms with Gasteiger partial charge < -0.3 is 16.0 Å². The maximum Gasteiger partial charge on any atom is 0.245 e. The van der Waals surface area contributed by atoms with Crippen LogP contribution in [0.15, 0.2) is 30.3 Å². The number of benzene rings is 1. The summed E-state index contributed by atoms with van der Waals surface area (Å²) in [6, 6.07) is 8.87. The first kappa shape index (κ1) is 18.5. The van der Waals surface area contributed by atoms with E-state index >= 15 is 0 Å². The summed E-state index contributed by atoms with van der Waals surface area (Å²) >= 11 is 0. The number of likely N-dealkylation sites (tertiary alicyclic amines) is 1. The lowest BCUT2D eigenvalue weighted by atomic mass is 9.92. The zero-order chi connectivity index (χ0) is 15.6. The number of nitrogens with zero attached hydrogens (tertiary/aromatic N) is 1. The predicted molar refractivity (Wildman–Crippen MR) is 88.6 cm³/mol. The van der Waals surface area contributed by atoms with E-state index < -0.39 is 11.6 Å². The van der Waals surface area contributed by atoms with Gasteiger partial charge in [-0.2, -0.15) is 0 Å². The van der Waals surface area contributed by atoms with Gasteiger partial charge in [-0.1, -0.05) is 30.3 Å². The number of nitrogens with two attached hydrogens (primary N) is 1. The maximum absolute atomic E-state index is 12.4. The second-order valence-electron chi connectivity index (χ2n) is 6.01. The van der Waals surface area contributed by atoms with Crippen molar-refractivity contribution < 1.29 is 9.59 Å². The fraction of sp³-hybridized carbons (Fsp3) is 0.500. The number of halogens is 1. The topological polar surface area (TPSA) is 75.4 Å². The van der Waals surface area contributed by atoms with Crippen LogP contribution in [0.5, 0.6) is 0 Å². The molecule has 122 valence electrons. The average Bonchev–Trinajstić information content (AvgIpc) is 2.81. The number of carbonyl (C=O) groups is 2. The Labute approximate surface area is 137 Å². The Morgan fingerprint density at radius 3 is 2.45 bits per heavy atom. The smallest absolute Gasteiger partial charge is 0.245 e. The van der Waals surface area contributed by atoms with Crippen LogP contribution in [-0.4, -0.2) is 35.3 Å². The molecule has 2 unspecified atom stereocenters. The number of amides is 2. The third kappa shape index (κ3) is 3.59. The van der Waals surface area contributed by atoms with Crippen molar-refractivity contribution in [1.82, 2.24) is 10.2 Å². The summed E-state index contributed by atoms with van der Waals surface area (Å²) in [5.41, 5.74) is 5.75. The largest absolute Gasteiger partial charge is 0.342 e. The molecule has 0 saturated carbocycles. The molecule has 3 N–H and O–H groups in total. The minimum atomic E-state index is -1.15. The van der Waals surface area contributed by atoms with Crippen molar-refractivity contribution in [3.63, 3.8) is 0 Å². The van der Waals surface area contributed by atoms with Gasteiger partial charge in [-0.25, -0.2) is 0 Å². The standard InChI is InChI=1S/C16H23N3O2.ClH/c1-11(2)19-10-9-13(14(19)20)18-15(21)16(3,17)12-7-5-4-6-8-12;/h4-8,11,13H,9-10,17H2,1-3H3,(H,18,21);1H. The molecule has 0 radical (unpaired) electrons. The zero-order valence-corrected chi connectivity index (χ0v) is 14.0. The molecule has 1 fully saturated rings. The molecular formula is C16H24ClN3O2. The highest BCUT2D eigenvalue weighted by Gasteiger charge is 2.38. The van der Waals surface area contributed by atoms with Crippen LogP contribution in [0.2, 0.25) is 0 Å². The van der Waals surface area contributed by atoms with Crippen molar-refractivity contribution >= 4 is 24.2 Å². The molecule has 1 aromatic carbocycles. The number of rotatable bonds is 4. The van der Waals surface area contributed by atoms with E-state index in [1.807, 2.05) is 44.2 Å². The molecule has 1 aliphatic heterocycles. The molecule has 1 aliphatic rings. The van der Waals surface area contributed by atoms with Gasteiger partial charge in [0.25, 0.3) is 0 Å². The van der Waals surface area contributed by atoms with E-state index in [0.717, 1.165) is 5.56 Å². The van der Waals surface area contributed by atoms with E-state index in [0.29, 0.717) is 13.0 Å². The maximum atomic E-state index is 12.4. The Morgan fingerprint density at radius 1 is 1.36 bits per heavy atom. The van der Waals surface area contributed by atoms with E-state index in [9.17, 15) is 9.59 Å². The molecular weight excluding hydrogens is 302 g/mol. The fourth-order valence-corrected chi connectivity index (χ4v) is 2.57. The van der Waals surface area contributed by atoms with Crippen molar-refractivity contribution in [3.05, 3.63) is 35.9 Å². The highest BCUT2D eigenvalue weighted by Crippen LogP contribution is 2.20. The fourth-order valence-electron chi connectivity index (χ4n) is 2.57. The SMILES string of the molecule is CC(C)N1CCC(NC(=O)C(C)(N)c2ccccc2)C1=O.Cl. The molecule has 0 bridgehead atoms. The van der Waals surface area contributed by atoms with Crippen LogP contribution < -0.4 is 11.1 Å². The second kappa shape index (κ2) is 7.11. The molecule has 6 heteroatoms. The quantitative estimate of drug-likeness (QED) is 0.879. The Kier molecular flexibility index (Phi) is 5.97. The average molecular weight is 326 g/mol. The van der Waals surface area contributed by atoms with Gasteiger partial charge in [0.2, 0.25) is 11.8 Å². The van der Waals surface area contributed by atoms with Crippen LogP contribution in [0.1, 0.15) is 32.8 Å². The number of hydrogen-bond acceptors (Lipinski definition) is 3. The van der Waals surface area contributed by atoms with E-state index in [-0.39, 0.29) is 30.3 Å². The van der Waals surface area contributed by atoms with Gasteiger partial charge in [0.1, 0.15) is 11.6 Å². The molecule has 0 aliphatic carbocycles. The van der Waals surface area contributed by atoms with Crippen molar-refractivity contribution in [2.75, 3.05) is 6.54 Å². The Hall–Kier alpha value is -1.59. The Morgan fingerprint density at radius 2 is 1.95 bits per heavy atom. The summed E-state index contributed by atoms with van der Waals surface area (Å²) in [4.78, 5) is 26.4. The van der Waals surface area contributed by atoms with E-state index in [2.05, 4.69) is 5.32 Å². The van der Waals surface area contributed by atoms with Crippen molar-refractivity contribution in [2.45, 2.75) is 44.8 Å². The minimum absolute atomic E-state index is 0. The normalized spacial score (nSPS) is 20.5. The molecule has 2 amide bonds. The molecule has 5 nitrogen and oxygen atoms in total. The van der Waals surface area contributed by atoms with Crippen LogP contribution in [0, 0.1) is 0 Å². The van der Waals surface area contributed by atoms with Gasteiger partial charge in [-0.05, 0) is 32.8 Å². The van der Waals surface area contributed by atoms with Crippen molar-refractivity contribution in [3.8, 4) is 0 Å². The molecule has 1 heterocycles. The molecule has 2 rings (SSSR count). The summed E-state index contributed by atoms with van der Waals surface area (Å²) in [6.07, 6.45) is 0.633. The first-order valence-corrected chi connectivity index (χ1v) is 7.30. The summed E-state index contributed by atoms with van der Waals surface area (Å²) in [5.74, 6) is -0.347. The molecule has 22 heavy (non-hydrogen) atoms. The van der Waals surface area contributed by atoms with Crippen LogP contribution in [0.25, 0.3) is 0 Å². The molecule has 2 atom stereocenters. The van der Waals surface area contributed by atoms with Gasteiger partial charge in [0.15, 0.2) is 0 Å². The lowest BCUT2D eigenvalue weighted by molar-refractivity contribution is -0.135. The zero-order valence-electron chi connectivity index (χ0n) is 13.2. The third-order valence-corrected chi connectivity index (χ3v) is 4.01. The molecule has 1 aromatic rings. The van der Waals surface area contributed by atoms with Gasteiger partial charge >= 0.3 is 0 Å². The number of carbonyl (C=O) groups excluding carboxylic acids is 2. The monoisotopic (exact) mass is 325 g/mol. The van der Waals surface area contributed by atoms with Gasteiger partial charge in [0.05, 0.1) is 0 Å². The summed E-state index contributed by atoms with van der Waals surface area (Å²) in [5, 5.41) is 2.80. The lowest BCUT2D eigenvalue weighted by Gasteiger charge is -2.26. The van der Waals surface area contributed by atoms with Crippen LogP contribution >= 0.6 is 12.4 Å². The summed E-state index contributed by atoms with van der Waals surface area (Å²) in [6.45, 7) is 6.28. The molecule has 1 saturated heterocycles. The predicted octanol–water partition coefficient (Wildman–Crippen LogP) is 1.41. The van der Waals surface area contributed by atoms with E-state index in [4.69, 9.17) is 5.73 Å². The second-order valence-corrected chi connectivity index (χ2v) is 6.01. The van der Waals surface area contributed by atoms with Crippen LogP contribution in [0.4, 0.5) is 0 Å². The van der Waals surface area contributed by atoms with Gasteiger partial charge in [0, 0.05) is 12.6 Å². The summed E-state index contributed by atoms with van der Waals surface area (Å²) in [7, 11) is 0. The first-order chi connectivity index (χ1) is 9.84. The van der Waals surface area contributed by atoms with E-state index in [1.54, 1.807) is 11.8 Å². The summed E-state index contributed by atoms with van der Waals surface area (Å²) < 4.78 is 0. The van der Waals surface area contributed by atoms with Crippen LogP contribution in [-0.2, 0) is 15.1 Å².